The van der Waals surface area contributed by atoms with Crippen molar-refractivity contribution in [2.45, 2.75) is 19.4 Å². The number of aryl methyl sites for hydroxylation is 1. The zero-order valence-corrected chi connectivity index (χ0v) is 13.4. The van der Waals surface area contributed by atoms with Gasteiger partial charge in [0, 0.05) is 31.0 Å². The van der Waals surface area contributed by atoms with Gasteiger partial charge in [-0.05, 0) is 30.7 Å². The average molecular weight is 346 g/mol. The molecular formula is C17H16F2N4O2. The van der Waals surface area contributed by atoms with Gasteiger partial charge in [0.05, 0.1) is 6.04 Å². The number of hydrogen-bond donors (Lipinski definition) is 2. The van der Waals surface area contributed by atoms with E-state index in [2.05, 4.69) is 15.6 Å². The van der Waals surface area contributed by atoms with Crippen LogP contribution in [0.5, 0.6) is 0 Å². The van der Waals surface area contributed by atoms with Crippen LogP contribution in [-0.2, 0) is 4.79 Å². The number of para-hydroxylation sites is 1. The van der Waals surface area contributed by atoms with Crippen molar-refractivity contribution >= 4 is 23.3 Å². The molecule has 1 aliphatic heterocycles. The number of benzene rings is 1. The highest BCUT2D eigenvalue weighted by Gasteiger charge is 2.34. The van der Waals surface area contributed by atoms with Gasteiger partial charge in [0.15, 0.2) is 0 Å². The highest BCUT2D eigenvalue weighted by atomic mass is 19.1. The lowest BCUT2D eigenvalue weighted by Gasteiger charge is -2.18. The number of hydrogen-bond acceptors (Lipinski definition) is 3. The monoisotopic (exact) mass is 346 g/mol. The lowest BCUT2D eigenvalue weighted by molar-refractivity contribution is -0.117. The lowest BCUT2D eigenvalue weighted by Crippen LogP contribution is -2.40. The van der Waals surface area contributed by atoms with Gasteiger partial charge in [-0.3, -0.25) is 9.78 Å². The van der Waals surface area contributed by atoms with Crippen LogP contribution in [0.3, 0.4) is 0 Å². The standard InChI is InChI=1S/C17H16F2N4O2/c1-10-8-20-6-5-14(10)22-17(25)21-11-7-15(24)23(9-11)16-12(18)3-2-4-13(16)19/h2-6,8,11H,7,9H2,1H3,(H2,20,21,22,25)/t11-/m1/s1. The average Bonchev–Trinajstić information content (AvgIpc) is 2.89. The third-order valence-electron chi connectivity index (χ3n) is 3.94. The van der Waals surface area contributed by atoms with E-state index in [1.807, 2.05) is 0 Å². The summed E-state index contributed by atoms with van der Waals surface area (Å²) < 4.78 is 27.7. The molecule has 3 rings (SSSR count). The van der Waals surface area contributed by atoms with Crippen LogP contribution >= 0.6 is 0 Å². The van der Waals surface area contributed by atoms with Gasteiger partial charge in [0.25, 0.3) is 0 Å². The first-order chi connectivity index (χ1) is 12.0. The summed E-state index contributed by atoms with van der Waals surface area (Å²) in [6, 6.07) is 4.01. The van der Waals surface area contributed by atoms with Crippen LogP contribution in [0, 0.1) is 18.6 Å². The Balaban J connectivity index is 1.67. The third kappa shape index (κ3) is 3.57. The maximum atomic E-state index is 13.9. The zero-order valence-electron chi connectivity index (χ0n) is 13.4. The zero-order chi connectivity index (χ0) is 18.0. The van der Waals surface area contributed by atoms with Crippen LogP contribution in [0.1, 0.15) is 12.0 Å². The topological polar surface area (TPSA) is 74.3 Å². The number of amides is 3. The molecule has 1 aromatic carbocycles. The summed E-state index contributed by atoms with van der Waals surface area (Å²) >= 11 is 0. The van der Waals surface area contributed by atoms with Gasteiger partial charge in [0.2, 0.25) is 5.91 Å². The fourth-order valence-electron chi connectivity index (χ4n) is 2.72. The molecule has 8 heteroatoms. The van der Waals surface area contributed by atoms with Crippen molar-refractivity contribution in [3.63, 3.8) is 0 Å². The summed E-state index contributed by atoms with van der Waals surface area (Å²) in [7, 11) is 0. The van der Waals surface area contributed by atoms with Crippen LogP contribution in [0.25, 0.3) is 0 Å². The van der Waals surface area contributed by atoms with E-state index in [0.717, 1.165) is 22.6 Å². The Morgan fingerprint density at radius 2 is 2.00 bits per heavy atom. The molecule has 25 heavy (non-hydrogen) atoms. The molecule has 0 saturated carbocycles. The first-order valence-electron chi connectivity index (χ1n) is 7.68. The van der Waals surface area contributed by atoms with Crippen molar-refractivity contribution in [1.82, 2.24) is 10.3 Å². The molecule has 1 atom stereocenters. The normalized spacial score (nSPS) is 16.8. The molecule has 1 saturated heterocycles. The number of nitrogens with one attached hydrogen (secondary N) is 2. The molecule has 0 bridgehead atoms. The number of anilines is 2. The molecule has 0 radical (unpaired) electrons. The van der Waals surface area contributed by atoms with Gasteiger partial charge in [-0.2, -0.15) is 0 Å². The van der Waals surface area contributed by atoms with Gasteiger partial charge in [-0.15, -0.1) is 0 Å². The molecule has 0 spiro atoms. The molecule has 2 aromatic rings. The van der Waals surface area contributed by atoms with E-state index in [1.54, 1.807) is 25.4 Å². The van der Waals surface area contributed by atoms with E-state index < -0.39 is 29.6 Å². The highest BCUT2D eigenvalue weighted by molar-refractivity contribution is 5.98. The Kier molecular flexibility index (Phi) is 4.60. The number of pyridine rings is 1. The summed E-state index contributed by atoms with van der Waals surface area (Å²) in [4.78, 5) is 29.1. The first-order valence-corrected chi connectivity index (χ1v) is 7.68. The summed E-state index contributed by atoms with van der Waals surface area (Å²) in [5, 5.41) is 5.31. The van der Waals surface area contributed by atoms with Gasteiger partial charge in [-0.25, -0.2) is 13.6 Å². The minimum Gasteiger partial charge on any atom is -0.333 e. The van der Waals surface area contributed by atoms with Crippen molar-refractivity contribution in [3.8, 4) is 0 Å². The van der Waals surface area contributed by atoms with Crippen molar-refractivity contribution in [2.75, 3.05) is 16.8 Å². The largest absolute Gasteiger partial charge is 0.333 e. The Morgan fingerprint density at radius 3 is 2.68 bits per heavy atom. The Bertz CT molecular complexity index is 808. The van der Waals surface area contributed by atoms with Crippen LogP contribution in [-0.4, -0.2) is 29.5 Å². The number of nitrogens with zero attached hydrogens (tertiary/aromatic N) is 2. The molecule has 1 fully saturated rings. The van der Waals surface area contributed by atoms with E-state index in [0.29, 0.717) is 5.69 Å². The molecule has 2 N–H and O–H groups in total. The summed E-state index contributed by atoms with van der Waals surface area (Å²) in [6.07, 6.45) is 3.12. The smallest absolute Gasteiger partial charge is 0.319 e. The van der Waals surface area contributed by atoms with Gasteiger partial charge >= 0.3 is 6.03 Å². The molecule has 6 nitrogen and oxygen atoms in total. The molecule has 1 aromatic heterocycles. The van der Waals surface area contributed by atoms with Crippen molar-refractivity contribution in [3.05, 3.63) is 53.9 Å². The number of urea groups is 1. The van der Waals surface area contributed by atoms with E-state index >= 15 is 0 Å². The van der Waals surface area contributed by atoms with E-state index in [9.17, 15) is 18.4 Å². The quantitative estimate of drug-likeness (QED) is 0.897. The maximum Gasteiger partial charge on any atom is 0.319 e. The second kappa shape index (κ2) is 6.84. The summed E-state index contributed by atoms with van der Waals surface area (Å²) in [5.74, 6) is -2.08. The number of aromatic nitrogens is 1. The van der Waals surface area contributed by atoms with E-state index in [-0.39, 0.29) is 18.7 Å². The van der Waals surface area contributed by atoms with E-state index in [4.69, 9.17) is 0 Å². The second-order valence-electron chi connectivity index (χ2n) is 5.76. The van der Waals surface area contributed by atoms with Crippen molar-refractivity contribution in [2.24, 2.45) is 0 Å². The minimum absolute atomic E-state index is 0.000561. The van der Waals surface area contributed by atoms with Crippen molar-refractivity contribution in [1.29, 1.82) is 0 Å². The fraction of sp³-hybridized carbons (Fsp3) is 0.235. The Hall–Kier alpha value is -3.03. The summed E-state index contributed by atoms with van der Waals surface area (Å²) in [6.45, 7) is 1.80. The first kappa shape index (κ1) is 16.8. The van der Waals surface area contributed by atoms with Crippen LogP contribution in [0.2, 0.25) is 0 Å². The predicted molar refractivity (Wildman–Crippen MR) is 88.2 cm³/mol. The van der Waals surface area contributed by atoms with Gasteiger partial charge in [-0.1, -0.05) is 6.07 Å². The molecule has 0 unspecified atom stereocenters. The van der Waals surface area contributed by atoms with E-state index in [1.165, 1.54) is 6.07 Å². The predicted octanol–water partition coefficient (Wildman–Crippen LogP) is 2.60. The van der Waals surface area contributed by atoms with Crippen LogP contribution < -0.4 is 15.5 Å². The second-order valence-corrected chi connectivity index (χ2v) is 5.76. The molecule has 0 aliphatic carbocycles. The number of carbonyl (C=O) groups is 2. The molecule has 2 heterocycles. The molecule has 1 aliphatic rings. The van der Waals surface area contributed by atoms with Crippen molar-refractivity contribution < 1.29 is 18.4 Å². The third-order valence-corrected chi connectivity index (χ3v) is 3.94. The maximum absolute atomic E-state index is 13.9. The van der Waals surface area contributed by atoms with Gasteiger partial charge in [0.1, 0.15) is 17.3 Å². The number of carbonyl (C=O) groups excluding carboxylic acids is 2. The number of halogens is 2. The Morgan fingerprint density at radius 1 is 1.28 bits per heavy atom. The molecule has 130 valence electrons. The number of rotatable bonds is 3. The molecule has 3 amide bonds. The molecular weight excluding hydrogens is 330 g/mol. The Labute approximate surface area is 142 Å². The minimum atomic E-state index is -0.814. The SMILES string of the molecule is Cc1cnccc1NC(=O)N[C@@H]1CC(=O)N(c2c(F)cccc2F)C1. The van der Waals surface area contributed by atoms with Crippen LogP contribution in [0.4, 0.5) is 25.0 Å². The van der Waals surface area contributed by atoms with Gasteiger partial charge < -0.3 is 15.5 Å². The van der Waals surface area contributed by atoms with Crippen LogP contribution in [0.15, 0.2) is 36.7 Å². The lowest BCUT2D eigenvalue weighted by atomic mass is 10.2. The fourth-order valence-corrected chi connectivity index (χ4v) is 2.72. The summed E-state index contributed by atoms with van der Waals surface area (Å²) in [5.41, 5.74) is 0.992. The highest BCUT2D eigenvalue weighted by Crippen LogP contribution is 2.27.